The van der Waals surface area contributed by atoms with Gasteiger partial charge in [-0.1, -0.05) is 0 Å². The Bertz CT molecular complexity index is 621. The third-order valence-electron chi connectivity index (χ3n) is 3.42. The van der Waals surface area contributed by atoms with Crippen molar-refractivity contribution in [2.75, 3.05) is 32.9 Å². The van der Waals surface area contributed by atoms with Crippen molar-refractivity contribution in [2.24, 2.45) is 10.7 Å². The van der Waals surface area contributed by atoms with Crippen LogP contribution in [-0.2, 0) is 18.7 Å². The van der Waals surface area contributed by atoms with Crippen LogP contribution in [0.3, 0.4) is 0 Å². The van der Waals surface area contributed by atoms with Crippen molar-refractivity contribution in [1.29, 1.82) is 0 Å². The standard InChI is InChI=1S/C17H28N6S2/c1-23(2)11-15-5-6-16(25-15)12-24-9-8-21-17(18)20-7-3-4-14-10-19-13-22-14/h5-6,10,13H,3-4,7-9,11-12H2,1-2H3,(H,19,22)(H3,18,20,21). The Labute approximate surface area is 158 Å². The van der Waals surface area contributed by atoms with Crippen LogP contribution in [0.15, 0.2) is 29.6 Å². The van der Waals surface area contributed by atoms with Crippen molar-refractivity contribution in [3.63, 3.8) is 0 Å². The van der Waals surface area contributed by atoms with Crippen molar-refractivity contribution in [1.82, 2.24) is 20.2 Å². The summed E-state index contributed by atoms with van der Waals surface area (Å²) in [5.74, 6) is 2.56. The molecule has 0 unspecified atom stereocenters. The highest BCUT2D eigenvalue weighted by atomic mass is 32.2. The molecule has 0 spiro atoms. The third-order valence-corrected chi connectivity index (χ3v) is 5.66. The fraction of sp³-hybridized carbons (Fsp3) is 0.529. The number of hydrogen-bond acceptors (Lipinski definition) is 5. The van der Waals surface area contributed by atoms with Gasteiger partial charge < -0.3 is 20.9 Å². The number of aliphatic imine (C=N–C) groups is 1. The topological polar surface area (TPSA) is 82.3 Å². The van der Waals surface area contributed by atoms with Crippen molar-refractivity contribution in [2.45, 2.75) is 25.1 Å². The van der Waals surface area contributed by atoms with E-state index >= 15 is 0 Å². The Balaban J connectivity index is 1.52. The number of nitrogens with zero attached hydrogens (tertiary/aromatic N) is 3. The van der Waals surface area contributed by atoms with Gasteiger partial charge in [0.25, 0.3) is 0 Å². The molecule has 0 saturated carbocycles. The zero-order valence-electron chi connectivity index (χ0n) is 15.0. The summed E-state index contributed by atoms with van der Waals surface area (Å²) < 4.78 is 0. The number of hydrogen-bond donors (Lipinski definition) is 3. The number of H-pyrrole nitrogens is 1. The molecule has 0 aliphatic rings. The minimum absolute atomic E-state index is 0.534. The summed E-state index contributed by atoms with van der Waals surface area (Å²) in [5, 5.41) is 3.15. The fourth-order valence-electron chi connectivity index (χ4n) is 2.27. The molecule has 2 aromatic rings. The van der Waals surface area contributed by atoms with E-state index in [-0.39, 0.29) is 0 Å². The lowest BCUT2D eigenvalue weighted by molar-refractivity contribution is 0.406. The van der Waals surface area contributed by atoms with Crippen molar-refractivity contribution < 1.29 is 0 Å². The Morgan fingerprint density at radius 1 is 1.40 bits per heavy atom. The van der Waals surface area contributed by atoms with Gasteiger partial charge in [-0.3, -0.25) is 4.99 Å². The minimum atomic E-state index is 0.534. The van der Waals surface area contributed by atoms with Gasteiger partial charge in [0.15, 0.2) is 5.96 Å². The molecule has 138 valence electrons. The number of aromatic amines is 1. The Hall–Kier alpha value is -1.51. The number of aryl methyl sites for hydroxylation is 1. The van der Waals surface area contributed by atoms with Crippen LogP contribution in [0.5, 0.6) is 0 Å². The van der Waals surface area contributed by atoms with E-state index in [4.69, 9.17) is 5.73 Å². The van der Waals surface area contributed by atoms with E-state index in [0.717, 1.165) is 49.7 Å². The third kappa shape index (κ3) is 8.42. The summed E-state index contributed by atoms with van der Waals surface area (Å²) >= 11 is 3.80. The van der Waals surface area contributed by atoms with Crippen molar-refractivity contribution in [3.8, 4) is 0 Å². The van der Waals surface area contributed by atoms with Crippen molar-refractivity contribution >= 4 is 29.1 Å². The van der Waals surface area contributed by atoms with Crippen LogP contribution in [0.1, 0.15) is 21.9 Å². The summed E-state index contributed by atoms with van der Waals surface area (Å²) in [6.45, 7) is 2.58. The molecule has 2 rings (SSSR count). The van der Waals surface area contributed by atoms with Gasteiger partial charge in [0.1, 0.15) is 0 Å². The van der Waals surface area contributed by atoms with Gasteiger partial charge >= 0.3 is 0 Å². The molecule has 0 aliphatic carbocycles. The first-order chi connectivity index (χ1) is 12.1. The molecule has 0 fully saturated rings. The average molecular weight is 381 g/mol. The fourth-order valence-corrected chi connectivity index (χ4v) is 4.35. The number of thioether (sulfide) groups is 1. The lowest BCUT2D eigenvalue weighted by Crippen LogP contribution is -2.32. The molecule has 8 heteroatoms. The van der Waals surface area contributed by atoms with Crippen LogP contribution in [0.4, 0.5) is 0 Å². The predicted molar refractivity (Wildman–Crippen MR) is 109 cm³/mol. The smallest absolute Gasteiger partial charge is 0.188 e. The second kappa shape index (κ2) is 11.2. The molecule has 2 heterocycles. The van der Waals surface area contributed by atoms with Gasteiger partial charge in [0, 0.05) is 40.5 Å². The van der Waals surface area contributed by atoms with E-state index in [1.807, 2.05) is 29.3 Å². The molecule has 0 radical (unpaired) electrons. The van der Waals surface area contributed by atoms with Gasteiger partial charge in [0.05, 0.1) is 18.6 Å². The monoisotopic (exact) mass is 380 g/mol. The summed E-state index contributed by atoms with van der Waals surface area (Å²) in [6.07, 6.45) is 5.56. The van der Waals surface area contributed by atoms with E-state index in [2.05, 4.69) is 51.4 Å². The molecule has 0 bridgehead atoms. The number of aromatic nitrogens is 2. The minimum Gasteiger partial charge on any atom is -0.370 e. The quantitative estimate of drug-likeness (QED) is 0.317. The second-order valence-electron chi connectivity index (χ2n) is 6.02. The molecular formula is C17H28N6S2. The Kier molecular flexibility index (Phi) is 8.85. The maximum atomic E-state index is 5.88. The number of imidazole rings is 1. The Morgan fingerprint density at radius 3 is 3.00 bits per heavy atom. The Morgan fingerprint density at radius 2 is 2.24 bits per heavy atom. The molecule has 0 saturated heterocycles. The van der Waals surface area contributed by atoms with Gasteiger partial charge in [0.2, 0.25) is 0 Å². The highest BCUT2D eigenvalue weighted by Gasteiger charge is 2.02. The van der Waals surface area contributed by atoms with E-state index in [1.165, 1.54) is 9.75 Å². The van der Waals surface area contributed by atoms with Crippen LogP contribution < -0.4 is 11.1 Å². The maximum Gasteiger partial charge on any atom is 0.188 e. The molecule has 0 atom stereocenters. The number of guanidine groups is 1. The highest BCUT2D eigenvalue weighted by Crippen LogP contribution is 2.22. The van der Waals surface area contributed by atoms with E-state index in [0.29, 0.717) is 5.96 Å². The first kappa shape index (κ1) is 19.8. The first-order valence-corrected chi connectivity index (χ1v) is 10.4. The molecule has 2 aromatic heterocycles. The lowest BCUT2D eigenvalue weighted by Gasteiger charge is -2.06. The summed E-state index contributed by atoms with van der Waals surface area (Å²) in [7, 11) is 4.20. The number of nitrogens with two attached hydrogens (primary N) is 1. The van der Waals surface area contributed by atoms with E-state index in [1.54, 1.807) is 6.33 Å². The van der Waals surface area contributed by atoms with Crippen LogP contribution in [0.25, 0.3) is 0 Å². The summed E-state index contributed by atoms with van der Waals surface area (Å²) in [6, 6.07) is 4.46. The lowest BCUT2D eigenvalue weighted by atomic mass is 10.2. The average Bonchev–Trinajstić information content (AvgIpc) is 3.23. The van der Waals surface area contributed by atoms with E-state index < -0.39 is 0 Å². The van der Waals surface area contributed by atoms with Crippen LogP contribution in [-0.4, -0.2) is 53.8 Å². The van der Waals surface area contributed by atoms with Crippen molar-refractivity contribution in [3.05, 3.63) is 40.1 Å². The highest BCUT2D eigenvalue weighted by molar-refractivity contribution is 7.98. The molecule has 25 heavy (non-hydrogen) atoms. The maximum absolute atomic E-state index is 5.88. The zero-order valence-corrected chi connectivity index (χ0v) is 16.6. The van der Waals surface area contributed by atoms with Gasteiger partial charge in [-0.25, -0.2) is 4.98 Å². The largest absolute Gasteiger partial charge is 0.370 e. The van der Waals surface area contributed by atoms with Crippen LogP contribution in [0, 0.1) is 0 Å². The van der Waals surface area contributed by atoms with E-state index in [9.17, 15) is 0 Å². The number of nitrogens with one attached hydrogen (secondary N) is 2. The van der Waals surface area contributed by atoms with Gasteiger partial charge in [-0.2, -0.15) is 11.8 Å². The van der Waals surface area contributed by atoms with Gasteiger partial charge in [-0.15, -0.1) is 11.3 Å². The van der Waals surface area contributed by atoms with Gasteiger partial charge in [-0.05, 0) is 39.1 Å². The normalized spacial score (nSPS) is 12.0. The summed E-state index contributed by atoms with van der Waals surface area (Å²) in [4.78, 5) is 16.6. The molecule has 0 aromatic carbocycles. The number of thiophene rings is 1. The van der Waals surface area contributed by atoms with Crippen LogP contribution >= 0.6 is 23.1 Å². The molecular weight excluding hydrogens is 352 g/mol. The zero-order chi connectivity index (χ0) is 17.9. The molecule has 0 aliphatic heterocycles. The van der Waals surface area contributed by atoms with Crippen LogP contribution in [0.2, 0.25) is 0 Å². The number of rotatable bonds is 11. The molecule has 6 nitrogen and oxygen atoms in total. The first-order valence-electron chi connectivity index (χ1n) is 8.45. The molecule has 4 N–H and O–H groups in total. The predicted octanol–water partition coefficient (Wildman–Crippen LogP) is 2.30. The SMILES string of the molecule is CN(C)Cc1ccc(CSCC/N=C(/N)NCCCc2c[nH]cn2)s1. The second-order valence-corrected chi connectivity index (χ2v) is 8.37. The molecule has 0 amide bonds. The summed E-state index contributed by atoms with van der Waals surface area (Å²) in [5.41, 5.74) is 6.96.